The van der Waals surface area contributed by atoms with Crippen LogP contribution in [0.5, 0.6) is 0 Å². The standard InChI is InChI=1S/C8H17N3/c1-4-11(5-2)8-9-6-7-10(8)3/h4-7H2,1-3H3. The van der Waals surface area contributed by atoms with Crippen molar-refractivity contribution in [2.24, 2.45) is 4.99 Å². The first-order valence-corrected chi connectivity index (χ1v) is 4.30. The van der Waals surface area contributed by atoms with E-state index in [1.807, 2.05) is 0 Å². The molecule has 11 heavy (non-hydrogen) atoms. The quantitative estimate of drug-likeness (QED) is 0.582. The van der Waals surface area contributed by atoms with Crippen LogP contribution in [0, 0.1) is 0 Å². The van der Waals surface area contributed by atoms with Crippen molar-refractivity contribution in [3.63, 3.8) is 0 Å². The molecule has 0 saturated carbocycles. The van der Waals surface area contributed by atoms with Crippen LogP contribution in [-0.4, -0.2) is 49.0 Å². The highest BCUT2D eigenvalue weighted by molar-refractivity contribution is 5.81. The number of hydrogen-bond donors (Lipinski definition) is 0. The molecule has 0 aliphatic carbocycles. The van der Waals surface area contributed by atoms with E-state index in [1.54, 1.807) is 0 Å². The predicted octanol–water partition coefficient (Wildman–Crippen LogP) is 0.630. The average Bonchev–Trinajstić information content (AvgIpc) is 2.40. The van der Waals surface area contributed by atoms with Gasteiger partial charge >= 0.3 is 0 Å². The summed E-state index contributed by atoms with van der Waals surface area (Å²) in [5.41, 5.74) is 0. The molecule has 0 spiro atoms. The summed E-state index contributed by atoms with van der Waals surface area (Å²) >= 11 is 0. The minimum atomic E-state index is 0.961. The zero-order valence-corrected chi connectivity index (χ0v) is 7.67. The van der Waals surface area contributed by atoms with E-state index in [-0.39, 0.29) is 0 Å². The number of likely N-dealkylation sites (N-methyl/N-ethyl adjacent to an activating group) is 1. The Bertz CT molecular complexity index is 149. The second-order valence-electron chi connectivity index (χ2n) is 2.78. The van der Waals surface area contributed by atoms with Crippen molar-refractivity contribution in [3.05, 3.63) is 0 Å². The maximum Gasteiger partial charge on any atom is 0.196 e. The van der Waals surface area contributed by atoms with Crippen molar-refractivity contribution in [1.29, 1.82) is 0 Å². The Morgan fingerprint density at radius 1 is 1.45 bits per heavy atom. The molecule has 0 bridgehead atoms. The molecule has 0 aromatic rings. The van der Waals surface area contributed by atoms with E-state index in [0.29, 0.717) is 0 Å². The summed E-state index contributed by atoms with van der Waals surface area (Å²) in [4.78, 5) is 8.93. The first kappa shape index (κ1) is 8.37. The van der Waals surface area contributed by atoms with Crippen LogP contribution in [0.15, 0.2) is 4.99 Å². The fraction of sp³-hybridized carbons (Fsp3) is 0.875. The van der Waals surface area contributed by atoms with Gasteiger partial charge in [-0.05, 0) is 13.8 Å². The van der Waals surface area contributed by atoms with Crippen molar-refractivity contribution in [3.8, 4) is 0 Å². The van der Waals surface area contributed by atoms with Crippen LogP contribution in [-0.2, 0) is 0 Å². The monoisotopic (exact) mass is 155 g/mol. The lowest BCUT2D eigenvalue weighted by molar-refractivity contribution is 0.393. The first-order valence-electron chi connectivity index (χ1n) is 4.30. The van der Waals surface area contributed by atoms with Crippen LogP contribution in [0.4, 0.5) is 0 Å². The first-order chi connectivity index (χ1) is 5.29. The summed E-state index contributed by atoms with van der Waals surface area (Å²) in [7, 11) is 2.10. The Morgan fingerprint density at radius 2 is 2.09 bits per heavy atom. The van der Waals surface area contributed by atoms with Gasteiger partial charge in [0.2, 0.25) is 0 Å². The van der Waals surface area contributed by atoms with E-state index < -0.39 is 0 Å². The fourth-order valence-electron chi connectivity index (χ4n) is 1.37. The Labute approximate surface area is 68.7 Å². The van der Waals surface area contributed by atoms with Gasteiger partial charge in [0.1, 0.15) is 0 Å². The lowest BCUT2D eigenvalue weighted by Crippen LogP contribution is -2.39. The third kappa shape index (κ3) is 1.64. The molecule has 64 valence electrons. The van der Waals surface area contributed by atoms with E-state index in [4.69, 9.17) is 0 Å². The molecule has 0 aromatic carbocycles. The minimum absolute atomic E-state index is 0.961. The van der Waals surface area contributed by atoms with Gasteiger partial charge in [-0.25, -0.2) is 0 Å². The van der Waals surface area contributed by atoms with Crippen LogP contribution >= 0.6 is 0 Å². The van der Waals surface area contributed by atoms with Crippen molar-refractivity contribution in [2.45, 2.75) is 13.8 Å². The highest BCUT2D eigenvalue weighted by Crippen LogP contribution is 2.02. The lowest BCUT2D eigenvalue weighted by Gasteiger charge is -2.25. The van der Waals surface area contributed by atoms with Crippen LogP contribution in [0.3, 0.4) is 0 Å². The molecule has 0 aromatic heterocycles. The Hall–Kier alpha value is -0.730. The summed E-state index contributed by atoms with van der Waals surface area (Å²) in [5.74, 6) is 1.16. The molecule has 0 fully saturated rings. The number of guanidine groups is 1. The third-order valence-corrected chi connectivity index (χ3v) is 2.08. The SMILES string of the molecule is CCN(CC)C1=NCCN1C. The number of hydrogen-bond acceptors (Lipinski definition) is 3. The maximum absolute atomic E-state index is 4.43. The summed E-state index contributed by atoms with van der Waals surface area (Å²) in [6.45, 7) is 8.48. The topological polar surface area (TPSA) is 18.8 Å². The number of nitrogens with zero attached hydrogens (tertiary/aromatic N) is 3. The number of aliphatic imine (C=N–C) groups is 1. The van der Waals surface area contributed by atoms with Crippen LogP contribution in [0.2, 0.25) is 0 Å². The Kier molecular flexibility index (Phi) is 2.74. The largest absolute Gasteiger partial charge is 0.344 e. The summed E-state index contributed by atoms with van der Waals surface area (Å²) in [6, 6.07) is 0. The van der Waals surface area contributed by atoms with Gasteiger partial charge in [0, 0.05) is 26.7 Å². The molecule has 0 unspecified atom stereocenters. The van der Waals surface area contributed by atoms with E-state index >= 15 is 0 Å². The normalized spacial score (nSPS) is 17.0. The fourth-order valence-corrected chi connectivity index (χ4v) is 1.37. The van der Waals surface area contributed by atoms with Gasteiger partial charge in [0.15, 0.2) is 5.96 Å². The van der Waals surface area contributed by atoms with E-state index in [0.717, 1.165) is 32.1 Å². The minimum Gasteiger partial charge on any atom is -0.344 e. The average molecular weight is 155 g/mol. The molecule has 0 amide bonds. The van der Waals surface area contributed by atoms with Crippen molar-refractivity contribution < 1.29 is 0 Å². The van der Waals surface area contributed by atoms with Gasteiger partial charge in [0.25, 0.3) is 0 Å². The highest BCUT2D eigenvalue weighted by atomic mass is 15.4. The van der Waals surface area contributed by atoms with Gasteiger partial charge in [-0.1, -0.05) is 0 Å². The van der Waals surface area contributed by atoms with E-state index in [9.17, 15) is 0 Å². The lowest BCUT2D eigenvalue weighted by atomic mass is 10.5. The van der Waals surface area contributed by atoms with Crippen LogP contribution in [0.25, 0.3) is 0 Å². The van der Waals surface area contributed by atoms with Crippen molar-refractivity contribution in [2.75, 3.05) is 33.2 Å². The molecule has 1 rings (SSSR count). The molecule has 0 atom stereocenters. The highest BCUT2D eigenvalue weighted by Gasteiger charge is 2.16. The molecule has 3 nitrogen and oxygen atoms in total. The van der Waals surface area contributed by atoms with Gasteiger partial charge < -0.3 is 9.80 Å². The molecular weight excluding hydrogens is 138 g/mol. The summed E-state index contributed by atoms with van der Waals surface area (Å²) in [5, 5.41) is 0. The van der Waals surface area contributed by atoms with E-state index in [1.165, 1.54) is 0 Å². The van der Waals surface area contributed by atoms with Gasteiger partial charge in [-0.2, -0.15) is 0 Å². The summed E-state index contributed by atoms with van der Waals surface area (Å²) in [6.07, 6.45) is 0. The molecular formula is C8H17N3. The molecule has 0 saturated heterocycles. The van der Waals surface area contributed by atoms with Crippen molar-refractivity contribution >= 4 is 5.96 Å². The molecule has 3 heteroatoms. The Balaban J connectivity index is 2.56. The second-order valence-corrected chi connectivity index (χ2v) is 2.78. The second kappa shape index (κ2) is 3.60. The third-order valence-electron chi connectivity index (χ3n) is 2.08. The smallest absolute Gasteiger partial charge is 0.196 e. The van der Waals surface area contributed by atoms with E-state index in [2.05, 4.69) is 35.7 Å². The zero-order chi connectivity index (χ0) is 8.27. The van der Waals surface area contributed by atoms with Gasteiger partial charge in [-0.15, -0.1) is 0 Å². The molecule has 0 N–H and O–H groups in total. The van der Waals surface area contributed by atoms with Crippen molar-refractivity contribution in [1.82, 2.24) is 9.80 Å². The van der Waals surface area contributed by atoms with Gasteiger partial charge in [0.05, 0.1) is 6.54 Å². The van der Waals surface area contributed by atoms with Crippen LogP contribution < -0.4 is 0 Å². The molecule has 1 heterocycles. The summed E-state index contributed by atoms with van der Waals surface area (Å²) < 4.78 is 0. The molecule has 1 aliphatic heterocycles. The molecule has 1 aliphatic rings. The predicted molar refractivity (Wildman–Crippen MR) is 47.9 cm³/mol. The zero-order valence-electron chi connectivity index (χ0n) is 7.67. The molecule has 0 radical (unpaired) electrons. The maximum atomic E-state index is 4.43. The Morgan fingerprint density at radius 3 is 2.45 bits per heavy atom. The van der Waals surface area contributed by atoms with Crippen LogP contribution in [0.1, 0.15) is 13.8 Å². The van der Waals surface area contributed by atoms with Gasteiger partial charge in [-0.3, -0.25) is 4.99 Å². The number of rotatable bonds is 2.